The van der Waals surface area contributed by atoms with E-state index in [1.165, 1.54) is 5.56 Å². The third kappa shape index (κ3) is 4.20. The first-order chi connectivity index (χ1) is 14.2. The smallest absolute Gasteiger partial charge is 0.227 e. The maximum atomic E-state index is 8.62. The Labute approximate surface area is 175 Å². The van der Waals surface area contributed by atoms with Crippen LogP contribution in [0.2, 0.25) is 5.02 Å². The van der Waals surface area contributed by atoms with E-state index in [9.17, 15) is 0 Å². The van der Waals surface area contributed by atoms with Gasteiger partial charge in [-0.25, -0.2) is 9.97 Å². The number of anilines is 2. The molecule has 2 aromatic carbocycles. The molecule has 1 heterocycles. The van der Waals surface area contributed by atoms with Crippen LogP contribution in [0.4, 0.5) is 11.6 Å². The number of aliphatic imine (C=N–C) groups is 1. The number of halogens is 1. The summed E-state index contributed by atoms with van der Waals surface area (Å²) in [5, 5.41) is 12.4. The minimum absolute atomic E-state index is 0.223. The van der Waals surface area contributed by atoms with Crippen LogP contribution >= 0.6 is 11.6 Å². The van der Waals surface area contributed by atoms with Gasteiger partial charge in [-0.15, -0.1) is 0 Å². The molecule has 0 saturated carbocycles. The van der Waals surface area contributed by atoms with E-state index < -0.39 is 0 Å². The third-order valence-corrected chi connectivity index (χ3v) is 5.48. The van der Waals surface area contributed by atoms with Crippen LogP contribution in [0, 0.1) is 5.41 Å². The molecule has 0 fully saturated rings. The van der Waals surface area contributed by atoms with Crippen molar-refractivity contribution in [2.45, 2.75) is 25.2 Å². The molecule has 3 aromatic rings. The largest absolute Gasteiger partial charge is 0.323 e. The predicted octanol–water partition coefficient (Wildman–Crippen LogP) is 5.24. The van der Waals surface area contributed by atoms with Crippen LogP contribution < -0.4 is 5.32 Å². The van der Waals surface area contributed by atoms with Crippen molar-refractivity contribution in [3.63, 3.8) is 0 Å². The summed E-state index contributed by atoms with van der Waals surface area (Å²) >= 11 is 6.26. The van der Waals surface area contributed by atoms with Crippen molar-refractivity contribution >= 4 is 34.7 Å². The van der Waals surface area contributed by atoms with Gasteiger partial charge >= 0.3 is 0 Å². The molecule has 1 atom stereocenters. The first-order valence-electron chi connectivity index (χ1n) is 9.60. The quantitative estimate of drug-likeness (QED) is 0.572. The van der Waals surface area contributed by atoms with Crippen LogP contribution in [-0.2, 0) is 12.8 Å². The molecule has 29 heavy (non-hydrogen) atoms. The Kier molecular flexibility index (Phi) is 5.67. The molecule has 0 saturated heterocycles. The molecule has 1 aliphatic carbocycles. The monoisotopic (exact) mass is 403 g/mol. The molecule has 4 rings (SSSR count). The van der Waals surface area contributed by atoms with E-state index in [1.807, 2.05) is 48.7 Å². The molecule has 1 aliphatic rings. The van der Waals surface area contributed by atoms with Crippen molar-refractivity contribution in [1.29, 1.82) is 5.41 Å². The second kappa shape index (κ2) is 8.53. The molecule has 6 heteroatoms. The van der Waals surface area contributed by atoms with E-state index in [1.54, 1.807) is 7.05 Å². The SMILES string of the molecule is CN=C(Cc1ccccc1)C1C(=N)CCc2cnc(Nc3ccccc3Cl)nc21. The summed E-state index contributed by atoms with van der Waals surface area (Å²) in [5.74, 6) is 0.255. The van der Waals surface area contributed by atoms with E-state index in [2.05, 4.69) is 27.4 Å². The standard InChI is InChI=1S/C23H22ClN5/c1-26-20(13-15-7-3-2-4-8-15)21-18(25)12-11-16-14-27-23(29-22(16)21)28-19-10-6-5-9-17(19)24/h2-10,14,21,25H,11-13H2,1H3,(H,27,28,29). The number of nitrogens with one attached hydrogen (secondary N) is 2. The van der Waals surface area contributed by atoms with Gasteiger partial charge in [0.2, 0.25) is 5.95 Å². The highest BCUT2D eigenvalue weighted by Gasteiger charge is 2.31. The van der Waals surface area contributed by atoms with Gasteiger partial charge in [0.25, 0.3) is 0 Å². The van der Waals surface area contributed by atoms with Crippen molar-refractivity contribution in [3.05, 3.63) is 82.6 Å². The van der Waals surface area contributed by atoms with Crippen LogP contribution in [0.5, 0.6) is 0 Å². The zero-order valence-corrected chi connectivity index (χ0v) is 16.9. The van der Waals surface area contributed by atoms with Gasteiger partial charge in [0.1, 0.15) is 0 Å². The van der Waals surface area contributed by atoms with E-state index in [0.717, 1.165) is 29.1 Å². The summed E-state index contributed by atoms with van der Waals surface area (Å²) in [7, 11) is 1.80. The lowest BCUT2D eigenvalue weighted by Crippen LogP contribution is -2.30. The Bertz CT molecular complexity index is 1060. The molecule has 0 amide bonds. The highest BCUT2D eigenvalue weighted by Crippen LogP contribution is 2.31. The van der Waals surface area contributed by atoms with Crippen LogP contribution in [0.15, 0.2) is 65.8 Å². The Balaban J connectivity index is 1.68. The third-order valence-electron chi connectivity index (χ3n) is 5.15. The predicted molar refractivity (Wildman–Crippen MR) is 119 cm³/mol. The molecule has 1 unspecified atom stereocenters. The lowest BCUT2D eigenvalue weighted by Gasteiger charge is -2.27. The average Bonchev–Trinajstić information content (AvgIpc) is 2.75. The Morgan fingerprint density at radius 1 is 1.14 bits per heavy atom. The summed E-state index contributed by atoms with van der Waals surface area (Å²) in [5.41, 5.74) is 5.47. The van der Waals surface area contributed by atoms with Gasteiger partial charge in [-0.1, -0.05) is 54.1 Å². The van der Waals surface area contributed by atoms with Crippen molar-refractivity contribution in [2.24, 2.45) is 4.99 Å². The van der Waals surface area contributed by atoms with Crippen LogP contribution in [0.1, 0.15) is 29.2 Å². The second-order valence-electron chi connectivity index (χ2n) is 7.04. The van der Waals surface area contributed by atoms with Gasteiger partial charge in [-0.05, 0) is 36.1 Å². The van der Waals surface area contributed by atoms with Gasteiger partial charge in [0.05, 0.1) is 22.3 Å². The second-order valence-corrected chi connectivity index (χ2v) is 7.45. The first-order valence-corrected chi connectivity index (χ1v) is 9.97. The number of para-hydroxylation sites is 1. The van der Waals surface area contributed by atoms with Gasteiger partial charge < -0.3 is 10.7 Å². The summed E-state index contributed by atoms with van der Waals surface area (Å²) in [6.45, 7) is 0. The van der Waals surface area contributed by atoms with Crippen molar-refractivity contribution in [1.82, 2.24) is 9.97 Å². The zero-order chi connectivity index (χ0) is 20.2. The summed E-state index contributed by atoms with van der Waals surface area (Å²) in [6.07, 6.45) is 4.03. The van der Waals surface area contributed by atoms with Crippen molar-refractivity contribution < 1.29 is 0 Å². The maximum absolute atomic E-state index is 8.62. The number of benzene rings is 2. The van der Waals surface area contributed by atoms with Crippen LogP contribution in [0.3, 0.4) is 0 Å². The fourth-order valence-corrected chi connectivity index (χ4v) is 3.84. The number of fused-ring (bicyclic) bond motifs is 1. The van der Waals surface area contributed by atoms with Gasteiger partial charge in [-0.2, -0.15) is 0 Å². The Morgan fingerprint density at radius 2 is 1.90 bits per heavy atom. The number of aryl methyl sites for hydroxylation is 1. The van der Waals surface area contributed by atoms with Crippen molar-refractivity contribution in [3.8, 4) is 0 Å². The molecular formula is C23H22ClN5. The minimum Gasteiger partial charge on any atom is -0.323 e. The number of rotatable bonds is 5. The normalized spacial score (nSPS) is 16.4. The summed E-state index contributed by atoms with van der Waals surface area (Å²) in [6, 6.07) is 17.7. The molecule has 0 bridgehead atoms. The van der Waals surface area contributed by atoms with Crippen LogP contribution in [-0.4, -0.2) is 28.4 Å². The zero-order valence-electron chi connectivity index (χ0n) is 16.2. The van der Waals surface area contributed by atoms with E-state index in [-0.39, 0.29) is 5.92 Å². The fraction of sp³-hybridized carbons (Fsp3) is 0.217. The highest BCUT2D eigenvalue weighted by molar-refractivity contribution is 6.33. The number of hydrogen-bond donors (Lipinski definition) is 2. The van der Waals surface area contributed by atoms with E-state index >= 15 is 0 Å². The summed E-state index contributed by atoms with van der Waals surface area (Å²) < 4.78 is 0. The number of hydrogen-bond acceptors (Lipinski definition) is 5. The number of aromatic nitrogens is 2. The van der Waals surface area contributed by atoms with Gasteiger partial charge in [0, 0.05) is 31.1 Å². The molecule has 0 spiro atoms. The lowest BCUT2D eigenvalue weighted by atomic mass is 9.80. The van der Waals surface area contributed by atoms with E-state index in [4.69, 9.17) is 22.0 Å². The Hall–Kier alpha value is -3.05. The van der Waals surface area contributed by atoms with Crippen LogP contribution in [0.25, 0.3) is 0 Å². The van der Waals surface area contributed by atoms with Gasteiger partial charge in [-0.3, -0.25) is 4.99 Å². The lowest BCUT2D eigenvalue weighted by molar-refractivity contribution is 0.846. The average molecular weight is 404 g/mol. The molecular weight excluding hydrogens is 382 g/mol. The van der Waals surface area contributed by atoms with Crippen molar-refractivity contribution in [2.75, 3.05) is 12.4 Å². The maximum Gasteiger partial charge on any atom is 0.227 e. The molecule has 0 radical (unpaired) electrons. The molecule has 1 aromatic heterocycles. The first kappa shape index (κ1) is 19.3. The number of nitrogens with zero attached hydrogens (tertiary/aromatic N) is 3. The topological polar surface area (TPSA) is 74.0 Å². The molecule has 2 N–H and O–H groups in total. The Morgan fingerprint density at radius 3 is 2.66 bits per heavy atom. The highest BCUT2D eigenvalue weighted by atomic mass is 35.5. The fourth-order valence-electron chi connectivity index (χ4n) is 3.66. The van der Waals surface area contributed by atoms with E-state index in [0.29, 0.717) is 29.5 Å². The molecule has 0 aliphatic heterocycles. The summed E-state index contributed by atoms with van der Waals surface area (Å²) in [4.78, 5) is 13.8. The molecule has 146 valence electrons. The van der Waals surface area contributed by atoms with Gasteiger partial charge in [0.15, 0.2) is 0 Å². The molecule has 5 nitrogen and oxygen atoms in total. The minimum atomic E-state index is -0.223.